The Morgan fingerprint density at radius 1 is 1.24 bits per heavy atom. The molecule has 3 rings (SSSR count). The van der Waals surface area contributed by atoms with Gasteiger partial charge in [-0.1, -0.05) is 31.2 Å². The van der Waals surface area contributed by atoms with Crippen LogP contribution in [0.5, 0.6) is 0 Å². The lowest BCUT2D eigenvalue weighted by atomic mass is 9.91. The highest BCUT2D eigenvalue weighted by molar-refractivity contribution is 5.69. The topological polar surface area (TPSA) is 35.5 Å². The Kier molecular flexibility index (Phi) is 4.79. The Morgan fingerprint density at radius 3 is 3.00 bits per heavy atom. The number of carbonyl (C=O) groups is 1. The molecule has 3 aliphatic rings. The predicted octanol–water partition coefficient (Wildman–Crippen LogP) is 3.79. The first kappa shape index (κ1) is 14.8. The van der Waals surface area contributed by atoms with Crippen LogP contribution in [-0.2, 0) is 14.3 Å². The van der Waals surface area contributed by atoms with Crippen molar-refractivity contribution in [3.8, 4) is 0 Å². The number of rotatable bonds is 1. The smallest absolute Gasteiger partial charge is 0.306 e. The fourth-order valence-corrected chi connectivity index (χ4v) is 3.99. The van der Waals surface area contributed by atoms with Gasteiger partial charge in [0.25, 0.3) is 0 Å². The largest absolute Gasteiger partial charge is 0.460 e. The standard InChI is InChI=1S/C18H26O3/c1-2-15-14-12-16-18(21-15)13(14)10-8-6-4-3-5-7-9-11-17(19)20-16/h3-4,8,10,13-16,18H,2,5-7,9,11-12H2,1H3/b4-3-,10-8-/t13-,14?,15?,16-,18?/m1/s1. The Morgan fingerprint density at radius 2 is 2.14 bits per heavy atom. The number of ether oxygens (including phenoxy) is 2. The molecule has 1 saturated heterocycles. The molecular weight excluding hydrogens is 264 g/mol. The van der Waals surface area contributed by atoms with Crippen LogP contribution in [0, 0.1) is 11.8 Å². The fraction of sp³-hybridized carbons (Fsp3) is 0.722. The van der Waals surface area contributed by atoms with Gasteiger partial charge in [0.2, 0.25) is 0 Å². The summed E-state index contributed by atoms with van der Waals surface area (Å²) < 4.78 is 11.8. The van der Waals surface area contributed by atoms with Crippen LogP contribution in [0.4, 0.5) is 0 Å². The lowest BCUT2D eigenvalue weighted by Gasteiger charge is -2.27. The van der Waals surface area contributed by atoms with E-state index in [0.29, 0.717) is 24.4 Å². The molecule has 2 aliphatic heterocycles. The molecule has 2 heterocycles. The average molecular weight is 290 g/mol. The quantitative estimate of drug-likeness (QED) is 0.544. The van der Waals surface area contributed by atoms with E-state index in [-0.39, 0.29) is 18.2 Å². The summed E-state index contributed by atoms with van der Waals surface area (Å²) in [6.45, 7) is 2.18. The zero-order chi connectivity index (χ0) is 14.7. The summed E-state index contributed by atoms with van der Waals surface area (Å²) in [5.41, 5.74) is 0. The molecule has 5 atom stereocenters. The maximum atomic E-state index is 12.0. The van der Waals surface area contributed by atoms with Crippen LogP contribution in [-0.4, -0.2) is 24.3 Å². The summed E-state index contributed by atoms with van der Waals surface area (Å²) in [5.74, 6) is 0.889. The van der Waals surface area contributed by atoms with E-state index in [9.17, 15) is 4.79 Å². The number of allylic oxidation sites excluding steroid dienone is 3. The molecule has 116 valence electrons. The molecule has 0 spiro atoms. The second kappa shape index (κ2) is 6.78. The first-order valence-electron chi connectivity index (χ1n) is 8.46. The molecule has 1 aliphatic carbocycles. The minimum Gasteiger partial charge on any atom is -0.460 e. The monoisotopic (exact) mass is 290 g/mol. The summed E-state index contributed by atoms with van der Waals surface area (Å²) in [6, 6.07) is 0. The lowest BCUT2D eigenvalue weighted by molar-refractivity contribution is -0.161. The number of carbonyl (C=O) groups excluding carboxylic acids is 1. The molecule has 4 bridgehead atoms. The molecule has 2 fully saturated rings. The van der Waals surface area contributed by atoms with Crippen molar-refractivity contribution < 1.29 is 14.3 Å². The van der Waals surface area contributed by atoms with Gasteiger partial charge >= 0.3 is 5.97 Å². The third kappa shape index (κ3) is 3.23. The van der Waals surface area contributed by atoms with E-state index in [4.69, 9.17) is 9.47 Å². The van der Waals surface area contributed by atoms with E-state index >= 15 is 0 Å². The van der Waals surface area contributed by atoms with E-state index in [1.807, 2.05) is 0 Å². The van der Waals surface area contributed by atoms with Crippen molar-refractivity contribution in [1.82, 2.24) is 0 Å². The molecule has 0 amide bonds. The first-order valence-corrected chi connectivity index (χ1v) is 8.46. The van der Waals surface area contributed by atoms with E-state index in [2.05, 4.69) is 31.2 Å². The van der Waals surface area contributed by atoms with Crippen molar-refractivity contribution in [2.45, 2.75) is 70.2 Å². The Hall–Kier alpha value is -1.09. The molecule has 3 unspecified atom stereocenters. The third-order valence-corrected chi connectivity index (χ3v) is 5.04. The van der Waals surface area contributed by atoms with Gasteiger partial charge in [-0.25, -0.2) is 0 Å². The summed E-state index contributed by atoms with van der Waals surface area (Å²) >= 11 is 0. The zero-order valence-electron chi connectivity index (χ0n) is 12.9. The van der Waals surface area contributed by atoms with Crippen molar-refractivity contribution >= 4 is 5.97 Å². The van der Waals surface area contributed by atoms with Crippen molar-refractivity contribution in [3.05, 3.63) is 24.3 Å². The lowest BCUT2D eigenvalue weighted by Crippen LogP contribution is -2.34. The Balaban J connectivity index is 1.73. The van der Waals surface area contributed by atoms with E-state index in [0.717, 1.165) is 38.5 Å². The normalized spacial score (nSPS) is 43.1. The van der Waals surface area contributed by atoms with Crippen molar-refractivity contribution in [2.75, 3.05) is 0 Å². The SMILES string of the molecule is CCC1OC2[C@@H]3/C=C\C/C=C\CCCCC(=O)O[C@@H]2CC13. The van der Waals surface area contributed by atoms with Crippen molar-refractivity contribution in [3.63, 3.8) is 0 Å². The summed E-state index contributed by atoms with van der Waals surface area (Å²) in [7, 11) is 0. The molecule has 21 heavy (non-hydrogen) atoms. The molecule has 1 saturated carbocycles. The average Bonchev–Trinajstić information content (AvgIpc) is 2.98. The van der Waals surface area contributed by atoms with Gasteiger partial charge in [-0.05, 0) is 44.4 Å². The maximum absolute atomic E-state index is 12.0. The van der Waals surface area contributed by atoms with Gasteiger partial charge < -0.3 is 9.47 Å². The highest BCUT2D eigenvalue weighted by Crippen LogP contribution is 2.48. The minimum absolute atomic E-state index is 0.0292. The zero-order valence-corrected chi connectivity index (χ0v) is 12.9. The highest BCUT2D eigenvalue weighted by Gasteiger charge is 2.54. The van der Waals surface area contributed by atoms with E-state index in [1.54, 1.807) is 0 Å². The molecule has 0 radical (unpaired) electrons. The Labute approximate surface area is 127 Å². The van der Waals surface area contributed by atoms with E-state index < -0.39 is 0 Å². The predicted molar refractivity (Wildman–Crippen MR) is 81.8 cm³/mol. The molecule has 0 N–H and O–H groups in total. The molecule has 3 nitrogen and oxygen atoms in total. The summed E-state index contributed by atoms with van der Waals surface area (Å²) in [4.78, 5) is 12.0. The maximum Gasteiger partial charge on any atom is 0.306 e. The first-order chi connectivity index (χ1) is 10.3. The molecule has 3 heteroatoms. The van der Waals surface area contributed by atoms with Crippen LogP contribution in [0.3, 0.4) is 0 Å². The molecule has 0 aromatic heterocycles. The third-order valence-electron chi connectivity index (χ3n) is 5.04. The van der Waals surface area contributed by atoms with Crippen LogP contribution in [0.2, 0.25) is 0 Å². The van der Waals surface area contributed by atoms with Gasteiger partial charge in [0, 0.05) is 12.3 Å². The van der Waals surface area contributed by atoms with Gasteiger partial charge in [0.1, 0.15) is 12.2 Å². The van der Waals surface area contributed by atoms with Crippen molar-refractivity contribution in [2.24, 2.45) is 11.8 Å². The van der Waals surface area contributed by atoms with Crippen LogP contribution >= 0.6 is 0 Å². The van der Waals surface area contributed by atoms with Crippen LogP contribution in [0.15, 0.2) is 24.3 Å². The molecule has 0 aromatic rings. The molecule has 0 aromatic carbocycles. The Bertz CT molecular complexity index is 426. The van der Waals surface area contributed by atoms with Crippen LogP contribution in [0.25, 0.3) is 0 Å². The summed E-state index contributed by atoms with van der Waals surface area (Å²) in [5, 5.41) is 0. The number of hydrogen-bond acceptors (Lipinski definition) is 3. The van der Waals surface area contributed by atoms with Crippen LogP contribution in [0.1, 0.15) is 51.9 Å². The second-order valence-corrected chi connectivity index (χ2v) is 6.43. The van der Waals surface area contributed by atoms with Gasteiger partial charge in [-0.3, -0.25) is 4.79 Å². The fourth-order valence-electron chi connectivity index (χ4n) is 3.99. The minimum atomic E-state index is -0.0482. The van der Waals surface area contributed by atoms with Gasteiger partial charge in [-0.15, -0.1) is 0 Å². The summed E-state index contributed by atoms with van der Waals surface area (Å²) in [6.07, 6.45) is 16.0. The van der Waals surface area contributed by atoms with E-state index in [1.165, 1.54) is 0 Å². The second-order valence-electron chi connectivity index (χ2n) is 6.43. The number of hydrogen-bond donors (Lipinski definition) is 0. The van der Waals surface area contributed by atoms with Gasteiger partial charge in [-0.2, -0.15) is 0 Å². The van der Waals surface area contributed by atoms with Gasteiger partial charge in [0.15, 0.2) is 0 Å². The number of esters is 1. The van der Waals surface area contributed by atoms with Gasteiger partial charge in [0.05, 0.1) is 6.10 Å². The highest BCUT2D eigenvalue weighted by atomic mass is 16.6. The van der Waals surface area contributed by atoms with Crippen LogP contribution < -0.4 is 0 Å². The molecular formula is C18H26O3. The van der Waals surface area contributed by atoms with Crippen molar-refractivity contribution in [1.29, 1.82) is 0 Å².